The Balaban J connectivity index is 1.16. The number of hydrogen-bond donors (Lipinski definition) is 0. The molecular formula is C55H39N. The van der Waals surface area contributed by atoms with Crippen LogP contribution in [-0.4, -0.2) is 0 Å². The Bertz CT molecular complexity index is 2710. The molecule has 0 bridgehead atoms. The molecule has 1 heteroatoms. The highest BCUT2D eigenvalue weighted by Crippen LogP contribution is 2.58. The van der Waals surface area contributed by atoms with Crippen LogP contribution in [-0.2, 0) is 5.41 Å². The van der Waals surface area contributed by atoms with Crippen molar-refractivity contribution in [3.8, 4) is 44.5 Å². The first-order valence-electron chi connectivity index (χ1n) is 19.3. The van der Waals surface area contributed by atoms with Gasteiger partial charge >= 0.3 is 0 Å². The van der Waals surface area contributed by atoms with Crippen molar-refractivity contribution in [3.63, 3.8) is 0 Å². The molecule has 0 aromatic heterocycles. The maximum atomic E-state index is 2.45. The molecule has 0 radical (unpaired) electrons. The summed E-state index contributed by atoms with van der Waals surface area (Å²) in [4.78, 5) is 2.45. The smallest absolute Gasteiger partial charge is 0.0733 e. The first-order chi connectivity index (χ1) is 27.8. The van der Waals surface area contributed by atoms with Gasteiger partial charge in [-0.3, -0.25) is 0 Å². The zero-order chi connectivity index (χ0) is 37.3. The summed E-state index contributed by atoms with van der Waals surface area (Å²) in [7, 11) is 0. The van der Waals surface area contributed by atoms with E-state index >= 15 is 0 Å². The van der Waals surface area contributed by atoms with Crippen molar-refractivity contribution < 1.29 is 0 Å². The Hall–Kier alpha value is -7.22. The van der Waals surface area contributed by atoms with E-state index in [1.807, 2.05) is 0 Å². The monoisotopic (exact) mass is 713 g/mol. The quantitative estimate of drug-likeness (QED) is 0.152. The van der Waals surface area contributed by atoms with Crippen molar-refractivity contribution in [1.82, 2.24) is 0 Å². The van der Waals surface area contributed by atoms with Crippen LogP contribution in [0.1, 0.15) is 22.3 Å². The van der Waals surface area contributed by atoms with Gasteiger partial charge in [0.15, 0.2) is 0 Å². The van der Waals surface area contributed by atoms with Gasteiger partial charge in [-0.15, -0.1) is 0 Å². The third-order valence-electron chi connectivity index (χ3n) is 11.4. The molecule has 0 spiro atoms. The van der Waals surface area contributed by atoms with Crippen molar-refractivity contribution in [3.05, 3.63) is 259 Å². The predicted octanol–water partition coefficient (Wildman–Crippen LogP) is 14.5. The number of para-hydroxylation sites is 1. The second-order valence-corrected chi connectivity index (χ2v) is 14.5. The molecule has 0 saturated heterocycles. The summed E-state index contributed by atoms with van der Waals surface area (Å²) in [5, 5.41) is 0. The van der Waals surface area contributed by atoms with Crippen molar-refractivity contribution in [1.29, 1.82) is 0 Å². The van der Waals surface area contributed by atoms with Crippen LogP contribution in [0.5, 0.6) is 0 Å². The molecular weight excluding hydrogens is 675 g/mol. The summed E-state index contributed by atoms with van der Waals surface area (Å²) in [6.45, 7) is 0. The molecule has 9 aromatic rings. The van der Waals surface area contributed by atoms with Crippen molar-refractivity contribution >= 4 is 17.1 Å². The van der Waals surface area contributed by atoms with Gasteiger partial charge in [0.2, 0.25) is 0 Å². The molecule has 10 rings (SSSR count). The van der Waals surface area contributed by atoms with Gasteiger partial charge in [-0.25, -0.2) is 0 Å². The average Bonchev–Trinajstić information content (AvgIpc) is 3.59. The molecule has 9 aromatic carbocycles. The number of rotatable bonds is 8. The number of benzene rings is 9. The molecule has 1 aliphatic carbocycles. The highest BCUT2D eigenvalue weighted by Gasteiger charge is 2.47. The molecule has 0 fully saturated rings. The minimum Gasteiger partial charge on any atom is -0.310 e. The summed E-state index contributed by atoms with van der Waals surface area (Å²) < 4.78 is 0. The van der Waals surface area contributed by atoms with Gasteiger partial charge in [-0.1, -0.05) is 206 Å². The van der Waals surface area contributed by atoms with E-state index in [1.165, 1.54) is 66.8 Å². The van der Waals surface area contributed by atoms with Gasteiger partial charge in [-0.05, 0) is 97.1 Å². The fourth-order valence-corrected chi connectivity index (χ4v) is 8.82. The number of anilines is 3. The van der Waals surface area contributed by atoms with E-state index in [4.69, 9.17) is 0 Å². The molecule has 0 amide bonds. The zero-order valence-corrected chi connectivity index (χ0v) is 31.0. The van der Waals surface area contributed by atoms with E-state index in [9.17, 15) is 0 Å². The van der Waals surface area contributed by atoms with E-state index < -0.39 is 5.41 Å². The Labute approximate surface area is 329 Å². The average molecular weight is 714 g/mol. The molecule has 0 saturated carbocycles. The molecule has 0 N–H and O–H groups in total. The Morgan fingerprint density at radius 2 is 0.571 bits per heavy atom. The molecule has 56 heavy (non-hydrogen) atoms. The summed E-state index contributed by atoms with van der Waals surface area (Å²) in [6.07, 6.45) is 0. The lowest BCUT2D eigenvalue weighted by molar-refractivity contribution is 0.768. The highest BCUT2D eigenvalue weighted by atomic mass is 15.1. The van der Waals surface area contributed by atoms with Gasteiger partial charge in [0, 0.05) is 11.4 Å². The second-order valence-electron chi connectivity index (χ2n) is 14.5. The van der Waals surface area contributed by atoms with Gasteiger partial charge in [0.1, 0.15) is 0 Å². The van der Waals surface area contributed by atoms with Crippen LogP contribution in [0, 0.1) is 0 Å². The van der Waals surface area contributed by atoms with E-state index in [0.29, 0.717) is 0 Å². The van der Waals surface area contributed by atoms with Gasteiger partial charge in [-0.2, -0.15) is 0 Å². The Morgan fingerprint density at radius 3 is 1.02 bits per heavy atom. The van der Waals surface area contributed by atoms with Crippen molar-refractivity contribution in [2.75, 3.05) is 4.90 Å². The molecule has 0 atom stereocenters. The largest absolute Gasteiger partial charge is 0.310 e. The number of fused-ring (bicyclic) bond motifs is 3. The highest BCUT2D eigenvalue weighted by molar-refractivity contribution is 5.90. The van der Waals surface area contributed by atoms with E-state index in [-0.39, 0.29) is 0 Å². The molecule has 1 aliphatic rings. The van der Waals surface area contributed by atoms with Crippen LogP contribution in [0.4, 0.5) is 17.1 Å². The molecule has 0 heterocycles. The standard InChI is InChI=1S/C55H39N/c1-4-16-40(17-5-1)42-28-30-43(31-29-42)45-34-38-48(39-35-45)56(47-36-32-44(33-37-47)41-18-6-2-7-19-41)54-27-15-14-26-53(54)55(46-20-8-3-9-21-46)51-24-12-10-22-49(51)50-23-11-13-25-52(50)55/h1-39H. The van der Waals surface area contributed by atoms with Crippen LogP contribution in [0.3, 0.4) is 0 Å². The lowest BCUT2D eigenvalue weighted by Crippen LogP contribution is -2.30. The molecule has 0 aliphatic heterocycles. The maximum Gasteiger partial charge on any atom is 0.0733 e. The second kappa shape index (κ2) is 14.2. The van der Waals surface area contributed by atoms with Gasteiger partial charge < -0.3 is 4.90 Å². The van der Waals surface area contributed by atoms with E-state index in [1.54, 1.807) is 0 Å². The Kier molecular flexibility index (Phi) is 8.46. The Morgan fingerprint density at radius 1 is 0.250 bits per heavy atom. The molecule has 264 valence electrons. The minimum atomic E-state index is -0.548. The van der Waals surface area contributed by atoms with Crippen molar-refractivity contribution in [2.45, 2.75) is 5.41 Å². The zero-order valence-electron chi connectivity index (χ0n) is 31.0. The third-order valence-corrected chi connectivity index (χ3v) is 11.4. The van der Waals surface area contributed by atoms with Crippen molar-refractivity contribution in [2.24, 2.45) is 0 Å². The van der Waals surface area contributed by atoms with E-state index in [2.05, 4.69) is 241 Å². The SMILES string of the molecule is c1ccc(-c2ccc(-c3ccc(N(c4ccc(-c5ccccc5)cc4)c4ccccc4C4(c5ccccc5)c5ccccc5-c5ccccc54)cc3)cc2)cc1. The minimum absolute atomic E-state index is 0.548. The normalized spacial score (nSPS) is 12.4. The first kappa shape index (κ1) is 33.4. The van der Waals surface area contributed by atoms with Crippen LogP contribution < -0.4 is 4.90 Å². The number of hydrogen-bond acceptors (Lipinski definition) is 1. The van der Waals surface area contributed by atoms with Crippen LogP contribution in [0.25, 0.3) is 44.5 Å². The predicted molar refractivity (Wildman–Crippen MR) is 235 cm³/mol. The third kappa shape index (κ3) is 5.65. The summed E-state index contributed by atoms with van der Waals surface area (Å²) >= 11 is 0. The van der Waals surface area contributed by atoms with Crippen LogP contribution in [0.15, 0.2) is 237 Å². The van der Waals surface area contributed by atoms with E-state index in [0.717, 1.165) is 17.1 Å². The molecule has 0 unspecified atom stereocenters. The fraction of sp³-hybridized carbons (Fsp3) is 0.0182. The maximum absolute atomic E-state index is 2.45. The summed E-state index contributed by atoms with van der Waals surface area (Å²) in [5.74, 6) is 0. The summed E-state index contributed by atoms with van der Waals surface area (Å²) in [6, 6.07) is 86.2. The van der Waals surface area contributed by atoms with Gasteiger partial charge in [0.25, 0.3) is 0 Å². The van der Waals surface area contributed by atoms with Gasteiger partial charge in [0.05, 0.1) is 11.1 Å². The van der Waals surface area contributed by atoms with Crippen LogP contribution in [0.2, 0.25) is 0 Å². The van der Waals surface area contributed by atoms with Crippen LogP contribution >= 0.6 is 0 Å². The fourth-order valence-electron chi connectivity index (χ4n) is 8.82. The summed E-state index contributed by atoms with van der Waals surface area (Å²) in [5.41, 5.74) is 17.6. The molecule has 1 nitrogen and oxygen atoms in total. The number of nitrogens with zero attached hydrogens (tertiary/aromatic N) is 1. The first-order valence-corrected chi connectivity index (χ1v) is 19.3. The lowest BCUT2D eigenvalue weighted by Gasteiger charge is -2.38. The lowest BCUT2D eigenvalue weighted by atomic mass is 9.67. The topological polar surface area (TPSA) is 3.24 Å².